The molecule has 1 aromatic heterocycles. The van der Waals surface area contributed by atoms with Gasteiger partial charge in [0, 0.05) is 30.4 Å². The van der Waals surface area contributed by atoms with Gasteiger partial charge < -0.3 is 0 Å². The van der Waals surface area contributed by atoms with Crippen molar-refractivity contribution in [3.8, 4) is 0 Å². The van der Waals surface area contributed by atoms with E-state index in [1.54, 1.807) is 4.90 Å². The van der Waals surface area contributed by atoms with Crippen LogP contribution in [0.15, 0.2) is 19.0 Å². The van der Waals surface area contributed by atoms with Crippen LogP contribution >= 0.6 is 11.5 Å². The molecule has 0 bridgehead atoms. The molecular formula is C8H9N3OS. The second-order valence-electron chi connectivity index (χ2n) is 2.93. The molecule has 0 aromatic carbocycles. The van der Waals surface area contributed by atoms with Crippen molar-refractivity contribution < 1.29 is 4.79 Å². The summed E-state index contributed by atoms with van der Waals surface area (Å²) in [7, 11) is 0. The van der Waals surface area contributed by atoms with Gasteiger partial charge in [0.25, 0.3) is 0 Å². The quantitative estimate of drug-likeness (QED) is 0.663. The molecule has 2 rings (SSSR count). The first kappa shape index (κ1) is 8.37. The first-order valence-corrected chi connectivity index (χ1v) is 4.78. The minimum absolute atomic E-state index is 0.113. The van der Waals surface area contributed by atoms with E-state index in [-0.39, 0.29) is 11.8 Å². The van der Waals surface area contributed by atoms with Gasteiger partial charge in [-0.15, -0.1) is 6.58 Å². The zero-order chi connectivity index (χ0) is 9.26. The molecule has 5 heteroatoms. The molecule has 2 heterocycles. The Bertz CT molecular complexity index is 322. The van der Waals surface area contributed by atoms with Gasteiger partial charge in [-0.25, -0.2) is 4.98 Å². The highest BCUT2D eigenvalue weighted by molar-refractivity contribution is 7.09. The molecule has 13 heavy (non-hydrogen) atoms. The van der Waals surface area contributed by atoms with E-state index in [9.17, 15) is 4.79 Å². The summed E-state index contributed by atoms with van der Waals surface area (Å²) in [6, 6.07) is 0. The normalized spacial score (nSPS) is 22.3. The Morgan fingerprint density at radius 3 is 3.15 bits per heavy atom. The molecule has 1 aromatic rings. The molecule has 1 amide bonds. The third-order valence-electron chi connectivity index (χ3n) is 2.07. The second-order valence-corrected chi connectivity index (χ2v) is 3.69. The molecule has 1 aliphatic heterocycles. The van der Waals surface area contributed by atoms with Gasteiger partial charge in [-0.2, -0.15) is 4.37 Å². The average Bonchev–Trinajstić information content (AvgIpc) is 2.72. The molecule has 1 unspecified atom stereocenters. The van der Waals surface area contributed by atoms with E-state index < -0.39 is 0 Å². The van der Waals surface area contributed by atoms with Crippen LogP contribution in [-0.4, -0.2) is 21.8 Å². The number of hydrogen-bond acceptors (Lipinski definition) is 4. The Hall–Kier alpha value is -1.23. The lowest BCUT2D eigenvalue weighted by Crippen LogP contribution is -2.23. The first-order chi connectivity index (χ1) is 6.31. The summed E-state index contributed by atoms with van der Waals surface area (Å²) in [5, 5.41) is 0.689. The highest BCUT2D eigenvalue weighted by Crippen LogP contribution is 2.25. The molecule has 1 fully saturated rings. The largest absolute Gasteiger partial charge is 0.286 e. The van der Waals surface area contributed by atoms with Gasteiger partial charge in [-0.05, 0) is 0 Å². The zero-order valence-corrected chi connectivity index (χ0v) is 7.83. The van der Waals surface area contributed by atoms with E-state index in [1.807, 2.05) is 6.08 Å². The van der Waals surface area contributed by atoms with Crippen LogP contribution in [0.5, 0.6) is 0 Å². The molecule has 0 N–H and O–H groups in total. The predicted molar refractivity (Wildman–Crippen MR) is 50.6 cm³/mol. The summed E-state index contributed by atoms with van der Waals surface area (Å²) in [5.74, 6) is 0.373. The number of carbonyl (C=O) groups excluding carboxylic acids is 1. The molecular weight excluding hydrogens is 186 g/mol. The predicted octanol–water partition coefficient (Wildman–Crippen LogP) is 1.08. The van der Waals surface area contributed by atoms with E-state index >= 15 is 0 Å². The topological polar surface area (TPSA) is 46.1 Å². The van der Waals surface area contributed by atoms with E-state index in [1.165, 1.54) is 17.9 Å². The van der Waals surface area contributed by atoms with Crippen molar-refractivity contribution in [1.82, 2.24) is 9.36 Å². The SMILES string of the molecule is C=CC1CC(=O)N(c2ncns2)C1. The molecule has 1 saturated heterocycles. The maximum absolute atomic E-state index is 11.5. The van der Waals surface area contributed by atoms with Crippen LogP contribution in [0.25, 0.3) is 0 Å². The Morgan fingerprint density at radius 1 is 1.77 bits per heavy atom. The Morgan fingerprint density at radius 2 is 2.62 bits per heavy atom. The van der Waals surface area contributed by atoms with Crippen molar-refractivity contribution >= 4 is 22.6 Å². The summed E-state index contributed by atoms with van der Waals surface area (Å²) in [5.41, 5.74) is 0. The highest BCUT2D eigenvalue weighted by Gasteiger charge is 2.30. The standard InChI is InChI=1S/C8H9N3OS/c1-2-6-3-7(12)11(4-6)8-9-5-10-13-8/h2,5-6H,1,3-4H2. The summed E-state index contributed by atoms with van der Waals surface area (Å²) in [6.07, 6.45) is 3.83. The Balaban J connectivity index is 2.18. The summed E-state index contributed by atoms with van der Waals surface area (Å²) in [4.78, 5) is 17.1. The number of aromatic nitrogens is 2. The first-order valence-electron chi connectivity index (χ1n) is 4.01. The Kier molecular flexibility index (Phi) is 2.10. The van der Waals surface area contributed by atoms with Crippen molar-refractivity contribution in [1.29, 1.82) is 0 Å². The van der Waals surface area contributed by atoms with E-state index in [2.05, 4.69) is 15.9 Å². The van der Waals surface area contributed by atoms with Crippen LogP contribution in [0.2, 0.25) is 0 Å². The maximum Gasteiger partial charge on any atom is 0.229 e. The number of nitrogens with zero attached hydrogens (tertiary/aromatic N) is 3. The van der Waals surface area contributed by atoms with Gasteiger partial charge in [-0.3, -0.25) is 9.69 Å². The van der Waals surface area contributed by atoms with Crippen molar-refractivity contribution in [2.24, 2.45) is 5.92 Å². The summed E-state index contributed by atoms with van der Waals surface area (Å²) in [6.45, 7) is 4.37. The van der Waals surface area contributed by atoms with E-state index in [4.69, 9.17) is 0 Å². The van der Waals surface area contributed by atoms with Crippen LogP contribution in [-0.2, 0) is 4.79 Å². The minimum atomic E-state index is 0.113. The Labute approximate surface area is 80.1 Å². The molecule has 1 aliphatic rings. The molecule has 68 valence electrons. The molecule has 0 radical (unpaired) electrons. The lowest BCUT2D eigenvalue weighted by Gasteiger charge is -2.10. The second kappa shape index (κ2) is 3.26. The third-order valence-corrected chi connectivity index (χ3v) is 2.76. The summed E-state index contributed by atoms with van der Waals surface area (Å²) >= 11 is 1.25. The highest BCUT2D eigenvalue weighted by atomic mass is 32.1. The fraction of sp³-hybridized carbons (Fsp3) is 0.375. The van der Waals surface area contributed by atoms with E-state index in [0.29, 0.717) is 18.1 Å². The minimum Gasteiger partial charge on any atom is -0.286 e. The molecule has 0 spiro atoms. The number of rotatable bonds is 2. The van der Waals surface area contributed by atoms with Gasteiger partial charge in [0.1, 0.15) is 6.33 Å². The van der Waals surface area contributed by atoms with Gasteiger partial charge in [-0.1, -0.05) is 6.08 Å². The smallest absolute Gasteiger partial charge is 0.229 e. The zero-order valence-electron chi connectivity index (χ0n) is 7.01. The lowest BCUT2D eigenvalue weighted by atomic mass is 10.1. The number of carbonyl (C=O) groups is 1. The van der Waals surface area contributed by atoms with Crippen LogP contribution in [0.3, 0.4) is 0 Å². The van der Waals surface area contributed by atoms with Crippen LogP contribution < -0.4 is 4.90 Å². The monoisotopic (exact) mass is 195 g/mol. The average molecular weight is 195 g/mol. The van der Waals surface area contributed by atoms with Crippen LogP contribution in [0.1, 0.15) is 6.42 Å². The van der Waals surface area contributed by atoms with Crippen molar-refractivity contribution in [3.63, 3.8) is 0 Å². The molecule has 4 nitrogen and oxygen atoms in total. The number of amides is 1. The van der Waals surface area contributed by atoms with Gasteiger partial charge in [0.15, 0.2) is 0 Å². The van der Waals surface area contributed by atoms with Crippen molar-refractivity contribution in [3.05, 3.63) is 19.0 Å². The number of anilines is 1. The lowest BCUT2D eigenvalue weighted by molar-refractivity contribution is -0.117. The molecule has 0 saturated carbocycles. The van der Waals surface area contributed by atoms with Crippen molar-refractivity contribution in [2.75, 3.05) is 11.4 Å². The van der Waals surface area contributed by atoms with Crippen molar-refractivity contribution in [2.45, 2.75) is 6.42 Å². The van der Waals surface area contributed by atoms with Gasteiger partial charge in [0.05, 0.1) is 0 Å². The van der Waals surface area contributed by atoms with E-state index in [0.717, 1.165) is 0 Å². The van der Waals surface area contributed by atoms with Gasteiger partial charge in [0.2, 0.25) is 11.0 Å². The fourth-order valence-electron chi connectivity index (χ4n) is 1.36. The third kappa shape index (κ3) is 1.47. The van der Waals surface area contributed by atoms with Gasteiger partial charge >= 0.3 is 0 Å². The fourth-order valence-corrected chi connectivity index (χ4v) is 1.92. The number of hydrogen-bond donors (Lipinski definition) is 0. The summed E-state index contributed by atoms with van der Waals surface area (Å²) < 4.78 is 3.86. The van der Waals surface area contributed by atoms with Crippen LogP contribution in [0, 0.1) is 5.92 Å². The van der Waals surface area contributed by atoms with Crippen LogP contribution in [0.4, 0.5) is 5.13 Å². The maximum atomic E-state index is 11.5. The molecule has 0 aliphatic carbocycles. The molecule has 1 atom stereocenters.